The van der Waals surface area contributed by atoms with E-state index in [2.05, 4.69) is 41.7 Å². The largest absolute Gasteiger partial charge is 0.369 e. The van der Waals surface area contributed by atoms with Gasteiger partial charge in [0.15, 0.2) is 10.9 Å². The SMILES string of the molecule is CCCCN(CCCC)c1c2[nH]c3ccccc3c(=O)c2cc2[nH]c3cc(CC)ccc3c(=O)c12. The average molecular weight is 468 g/mol. The zero-order valence-corrected chi connectivity index (χ0v) is 20.8. The van der Waals surface area contributed by atoms with Gasteiger partial charge in [-0.05, 0) is 55.2 Å². The van der Waals surface area contributed by atoms with E-state index in [1.54, 1.807) is 0 Å². The van der Waals surface area contributed by atoms with Crippen LogP contribution >= 0.6 is 0 Å². The fourth-order valence-electron chi connectivity index (χ4n) is 5.11. The summed E-state index contributed by atoms with van der Waals surface area (Å²) >= 11 is 0. The van der Waals surface area contributed by atoms with Crippen LogP contribution in [0.4, 0.5) is 5.69 Å². The molecule has 0 spiro atoms. The second-order valence-electron chi connectivity index (χ2n) is 9.45. The van der Waals surface area contributed by atoms with Gasteiger partial charge in [0.1, 0.15) is 0 Å². The van der Waals surface area contributed by atoms with Gasteiger partial charge in [0.25, 0.3) is 0 Å². The summed E-state index contributed by atoms with van der Waals surface area (Å²) in [6.07, 6.45) is 5.05. The molecule has 3 aromatic carbocycles. The molecule has 0 atom stereocenters. The molecule has 0 saturated heterocycles. The van der Waals surface area contributed by atoms with Gasteiger partial charge in [-0.15, -0.1) is 0 Å². The predicted molar refractivity (Wildman–Crippen MR) is 149 cm³/mol. The lowest BCUT2D eigenvalue weighted by Crippen LogP contribution is -2.28. The summed E-state index contributed by atoms with van der Waals surface area (Å²) in [6, 6.07) is 15.5. The normalized spacial score (nSPS) is 11.7. The molecule has 0 aliphatic rings. The number of H-pyrrole nitrogens is 2. The lowest BCUT2D eigenvalue weighted by atomic mass is 10.0. The van der Waals surface area contributed by atoms with Crippen molar-refractivity contribution >= 4 is 49.3 Å². The number of anilines is 1. The summed E-state index contributed by atoms with van der Waals surface area (Å²) in [5.74, 6) is 0. The van der Waals surface area contributed by atoms with Crippen molar-refractivity contribution in [2.24, 2.45) is 0 Å². The molecular formula is C30H33N3O2. The number of benzene rings is 3. The van der Waals surface area contributed by atoms with Crippen molar-refractivity contribution in [1.82, 2.24) is 9.97 Å². The van der Waals surface area contributed by atoms with Gasteiger partial charge in [-0.1, -0.05) is 51.8 Å². The van der Waals surface area contributed by atoms with Gasteiger partial charge in [-0.25, -0.2) is 0 Å². The Morgan fingerprint density at radius 1 is 0.714 bits per heavy atom. The second-order valence-corrected chi connectivity index (χ2v) is 9.45. The Morgan fingerprint density at radius 2 is 1.43 bits per heavy atom. The Kier molecular flexibility index (Phi) is 6.33. The van der Waals surface area contributed by atoms with Gasteiger partial charge in [0.2, 0.25) is 0 Å². The molecule has 0 radical (unpaired) electrons. The van der Waals surface area contributed by atoms with Crippen molar-refractivity contribution in [3.8, 4) is 0 Å². The third-order valence-corrected chi connectivity index (χ3v) is 7.09. The number of pyridine rings is 2. The van der Waals surface area contributed by atoms with Crippen LogP contribution in [0.15, 0.2) is 58.1 Å². The molecule has 0 amide bonds. The third-order valence-electron chi connectivity index (χ3n) is 7.09. The summed E-state index contributed by atoms with van der Waals surface area (Å²) < 4.78 is 0. The van der Waals surface area contributed by atoms with E-state index < -0.39 is 0 Å². The molecule has 0 bridgehead atoms. The summed E-state index contributed by atoms with van der Waals surface area (Å²) in [7, 11) is 0. The van der Waals surface area contributed by atoms with Crippen molar-refractivity contribution in [2.45, 2.75) is 52.9 Å². The highest BCUT2D eigenvalue weighted by atomic mass is 16.1. The topological polar surface area (TPSA) is 69.0 Å². The highest BCUT2D eigenvalue weighted by Crippen LogP contribution is 2.34. The number of unbranched alkanes of at least 4 members (excludes halogenated alkanes) is 2. The molecule has 0 aliphatic carbocycles. The summed E-state index contributed by atoms with van der Waals surface area (Å²) in [5.41, 5.74) is 5.11. The monoisotopic (exact) mass is 467 g/mol. The minimum absolute atomic E-state index is 0.00770. The van der Waals surface area contributed by atoms with Crippen LogP contribution < -0.4 is 15.8 Å². The van der Waals surface area contributed by atoms with E-state index in [1.807, 2.05) is 42.5 Å². The molecule has 2 heterocycles. The van der Waals surface area contributed by atoms with Crippen LogP contribution in [0.1, 0.15) is 52.0 Å². The standard InChI is InChI=1S/C30H33N3O2/c1-4-7-15-33(16-8-5-2)28-26-25(31-24-17-19(6-3)13-14-21(24)30(26)35)18-22-27(28)32-23-12-10-9-11-20(23)29(22)34/h9-14,17-18H,4-8,15-16H2,1-3H3,(H,31,35)(H,32,34). The minimum Gasteiger partial charge on any atom is -0.369 e. The number of para-hydroxylation sites is 1. The van der Waals surface area contributed by atoms with E-state index in [4.69, 9.17) is 0 Å². The van der Waals surface area contributed by atoms with Crippen LogP contribution in [0.5, 0.6) is 0 Å². The Bertz CT molecular complexity index is 1650. The number of nitrogens with zero attached hydrogens (tertiary/aromatic N) is 1. The Balaban J connectivity index is 1.96. The Labute approximate surface area is 204 Å². The highest BCUT2D eigenvalue weighted by Gasteiger charge is 2.21. The highest BCUT2D eigenvalue weighted by molar-refractivity contribution is 6.13. The number of aromatic amines is 2. The van der Waals surface area contributed by atoms with Crippen molar-refractivity contribution in [3.05, 3.63) is 74.5 Å². The van der Waals surface area contributed by atoms with Gasteiger partial charge in [-0.2, -0.15) is 0 Å². The van der Waals surface area contributed by atoms with E-state index in [0.717, 1.165) is 72.9 Å². The summed E-state index contributed by atoms with van der Waals surface area (Å²) in [5, 5.41) is 2.62. The molecule has 5 nitrogen and oxygen atoms in total. The first-order valence-corrected chi connectivity index (χ1v) is 12.9. The first-order valence-electron chi connectivity index (χ1n) is 12.9. The maximum absolute atomic E-state index is 14.0. The van der Waals surface area contributed by atoms with Crippen LogP contribution in [0, 0.1) is 0 Å². The van der Waals surface area contributed by atoms with E-state index in [1.165, 1.54) is 5.56 Å². The van der Waals surface area contributed by atoms with Crippen molar-refractivity contribution in [1.29, 1.82) is 0 Å². The summed E-state index contributed by atoms with van der Waals surface area (Å²) in [6.45, 7) is 8.15. The molecule has 180 valence electrons. The van der Waals surface area contributed by atoms with Gasteiger partial charge in [-0.3, -0.25) is 9.59 Å². The molecule has 0 aliphatic heterocycles. The molecule has 5 heteroatoms. The zero-order valence-electron chi connectivity index (χ0n) is 20.8. The van der Waals surface area contributed by atoms with Crippen LogP contribution in [-0.4, -0.2) is 23.1 Å². The first kappa shape index (κ1) is 23.2. The lowest BCUT2D eigenvalue weighted by Gasteiger charge is -2.27. The molecule has 0 unspecified atom stereocenters. The smallest absolute Gasteiger partial charge is 0.199 e. The lowest BCUT2D eigenvalue weighted by molar-refractivity contribution is 0.680. The molecular weight excluding hydrogens is 434 g/mol. The van der Waals surface area contributed by atoms with Crippen LogP contribution in [0.3, 0.4) is 0 Å². The number of nitrogens with one attached hydrogen (secondary N) is 2. The molecule has 35 heavy (non-hydrogen) atoms. The van der Waals surface area contributed by atoms with Gasteiger partial charge in [0, 0.05) is 29.4 Å². The molecule has 2 N–H and O–H groups in total. The van der Waals surface area contributed by atoms with Crippen LogP contribution in [0.25, 0.3) is 43.6 Å². The van der Waals surface area contributed by atoms with E-state index >= 15 is 0 Å². The van der Waals surface area contributed by atoms with Gasteiger partial charge >= 0.3 is 0 Å². The second kappa shape index (κ2) is 9.57. The van der Waals surface area contributed by atoms with Crippen molar-refractivity contribution < 1.29 is 0 Å². The minimum atomic E-state index is -0.00770. The predicted octanol–water partition coefficient (Wildman–Crippen LogP) is 6.65. The molecule has 2 aromatic heterocycles. The Hall–Kier alpha value is -3.60. The first-order chi connectivity index (χ1) is 17.1. The molecule has 0 saturated carbocycles. The fraction of sp³-hybridized carbons (Fsp3) is 0.333. The molecule has 0 fully saturated rings. The molecule has 5 rings (SSSR count). The van der Waals surface area contributed by atoms with Crippen LogP contribution in [0.2, 0.25) is 0 Å². The number of aryl methyl sites for hydroxylation is 1. The van der Waals surface area contributed by atoms with Gasteiger partial charge < -0.3 is 14.9 Å². The van der Waals surface area contributed by atoms with Gasteiger partial charge in [0.05, 0.1) is 33.0 Å². The number of rotatable bonds is 8. The Morgan fingerprint density at radius 3 is 2.14 bits per heavy atom. The van der Waals surface area contributed by atoms with E-state index in [-0.39, 0.29) is 10.9 Å². The number of fused-ring (bicyclic) bond motifs is 4. The number of aromatic nitrogens is 2. The van der Waals surface area contributed by atoms with E-state index in [9.17, 15) is 9.59 Å². The quantitative estimate of drug-likeness (QED) is 0.251. The van der Waals surface area contributed by atoms with Crippen molar-refractivity contribution in [2.75, 3.05) is 18.0 Å². The fourth-order valence-corrected chi connectivity index (χ4v) is 5.11. The average Bonchev–Trinajstić information content (AvgIpc) is 2.88. The maximum Gasteiger partial charge on any atom is 0.199 e. The number of hydrogen-bond donors (Lipinski definition) is 2. The number of hydrogen-bond acceptors (Lipinski definition) is 3. The molecule has 5 aromatic rings. The third kappa shape index (κ3) is 3.99. The van der Waals surface area contributed by atoms with Crippen molar-refractivity contribution in [3.63, 3.8) is 0 Å². The van der Waals surface area contributed by atoms with Crippen LogP contribution in [-0.2, 0) is 6.42 Å². The maximum atomic E-state index is 14.0. The summed E-state index contributed by atoms with van der Waals surface area (Å²) in [4.78, 5) is 37.1. The van der Waals surface area contributed by atoms with E-state index in [0.29, 0.717) is 21.5 Å². The zero-order chi connectivity index (χ0) is 24.5.